The highest BCUT2D eigenvalue weighted by Crippen LogP contribution is 2.20. The van der Waals surface area contributed by atoms with Crippen LogP contribution < -0.4 is 5.73 Å². The van der Waals surface area contributed by atoms with Crippen molar-refractivity contribution in [3.8, 4) is 11.6 Å². The van der Waals surface area contributed by atoms with Gasteiger partial charge in [-0.2, -0.15) is 4.98 Å². The Morgan fingerprint density at radius 1 is 1.10 bits per heavy atom. The summed E-state index contributed by atoms with van der Waals surface area (Å²) < 4.78 is 6.20. The summed E-state index contributed by atoms with van der Waals surface area (Å²) in [5, 5.41) is 3.93. The molecule has 100 valence electrons. The predicted molar refractivity (Wildman–Crippen MR) is 76.7 cm³/mol. The van der Waals surface area contributed by atoms with Gasteiger partial charge in [0.25, 0.3) is 5.89 Å². The molecule has 0 amide bonds. The molecule has 0 saturated heterocycles. The molecule has 2 heterocycles. The van der Waals surface area contributed by atoms with Gasteiger partial charge in [0.15, 0.2) is 17.3 Å². The van der Waals surface area contributed by atoms with Crippen molar-refractivity contribution in [3.05, 3.63) is 52.5 Å². The first-order chi connectivity index (χ1) is 9.72. The Hall–Kier alpha value is -2.28. The normalized spacial score (nSPS) is 10.7. The summed E-state index contributed by atoms with van der Waals surface area (Å²) >= 11 is 3.39. The number of nitrogens with zero attached hydrogens (tertiary/aromatic N) is 4. The number of anilines is 1. The highest BCUT2D eigenvalue weighted by atomic mass is 79.9. The summed E-state index contributed by atoms with van der Waals surface area (Å²) in [7, 11) is 0. The zero-order valence-corrected chi connectivity index (χ0v) is 11.9. The summed E-state index contributed by atoms with van der Waals surface area (Å²) in [5.41, 5.74) is 7.22. The maximum atomic E-state index is 5.72. The molecule has 0 saturated carbocycles. The second-order valence-corrected chi connectivity index (χ2v) is 5.02. The molecule has 0 unspecified atom stereocenters. The minimum absolute atomic E-state index is 0.270. The number of halogens is 1. The van der Waals surface area contributed by atoms with Crippen molar-refractivity contribution in [2.75, 3.05) is 5.73 Å². The third-order valence-electron chi connectivity index (χ3n) is 2.67. The lowest BCUT2D eigenvalue weighted by molar-refractivity contribution is 0.422. The van der Waals surface area contributed by atoms with Crippen LogP contribution in [0.3, 0.4) is 0 Å². The fourth-order valence-corrected chi connectivity index (χ4v) is 1.98. The van der Waals surface area contributed by atoms with Crippen LogP contribution in [0.4, 0.5) is 5.82 Å². The van der Waals surface area contributed by atoms with Crippen LogP contribution in [0.1, 0.15) is 11.4 Å². The molecule has 6 nitrogen and oxygen atoms in total. The molecule has 0 aliphatic rings. The van der Waals surface area contributed by atoms with Crippen LogP contribution >= 0.6 is 15.9 Å². The molecular weight excluding hydrogens is 322 g/mol. The van der Waals surface area contributed by atoms with Crippen molar-refractivity contribution in [3.63, 3.8) is 0 Å². The van der Waals surface area contributed by atoms with Crippen LogP contribution in [0, 0.1) is 0 Å². The molecule has 7 heteroatoms. The number of hydrogen-bond acceptors (Lipinski definition) is 6. The molecule has 0 fully saturated rings. The van der Waals surface area contributed by atoms with Crippen LogP contribution in [0.5, 0.6) is 0 Å². The Morgan fingerprint density at radius 2 is 1.85 bits per heavy atom. The van der Waals surface area contributed by atoms with E-state index >= 15 is 0 Å². The van der Waals surface area contributed by atoms with E-state index in [-0.39, 0.29) is 11.7 Å². The summed E-state index contributed by atoms with van der Waals surface area (Å²) in [4.78, 5) is 12.3. The topological polar surface area (TPSA) is 90.7 Å². The van der Waals surface area contributed by atoms with Gasteiger partial charge in [0, 0.05) is 23.3 Å². The molecule has 1 aromatic carbocycles. The first-order valence-corrected chi connectivity index (χ1v) is 6.65. The van der Waals surface area contributed by atoms with E-state index in [9.17, 15) is 0 Å². The fourth-order valence-electron chi connectivity index (χ4n) is 1.72. The predicted octanol–water partition coefficient (Wildman–Crippen LogP) is 2.46. The molecule has 0 aliphatic heterocycles. The van der Waals surface area contributed by atoms with Crippen molar-refractivity contribution < 1.29 is 4.52 Å². The van der Waals surface area contributed by atoms with Gasteiger partial charge in [-0.25, -0.2) is 9.97 Å². The fraction of sp³-hybridized carbons (Fsp3) is 0.0769. The summed E-state index contributed by atoms with van der Waals surface area (Å²) in [6.45, 7) is 0. The molecule has 3 aromatic rings. The van der Waals surface area contributed by atoms with E-state index in [1.807, 2.05) is 24.3 Å². The quantitative estimate of drug-likeness (QED) is 0.792. The lowest BCUT2D eigenvalue weighted by Crippen LogP contribution is -1.96. The molecule has 2 aromatic heterocycles. The molecule has 20 heavy (non-hydrogen) atoms. The minimum atomic E-state index is 0.270. The monoisotopic (exact) mass is 331 g/mol. The molecule has 3 rings (SSSR count). The second kappa shape index (κ2) is 5.38. The zero-order valence-electron chi connectivity index (χ0n) is 10.3. The van der Waals surface area contributed by atoms with Gasteiger partial charge in [-0.05, 0) is 17.7 Å². The van der Waals surface area contributed by atoms with E-state index in [1.165, 1.54) is 12.4 Å². The van der Waals surface area contributed by atoms with Gasteiger partial charge in [0.2, 0.25) is 0 Å². The lowest BCUT2D eigenvalue weighted by Gasteiger charge is -1.97. The molecule has 0 spiro atoms. The highest BCUT2D eigenvalue weighted by molar-refractivity contribution is 9.10. The van der Waals surface area contributed by atoms with E-state index < -0.39 is 0 Å². The molecule has 2 N–H and O–H groups in total. The van der Waals surface area contributed by atoms with E-state index in [1.54, 1.807) is 0 Å². The maximum absolute atomic E-state index is 5.72. The average Bonchev–Trinajstić information content (AvgIpc) is 2.90. The van der Waals surface area contributed by atoms with Gasteiger partial charge < -0.3 is 10.3 Å². The molecule has 0 bridgehead atoms. The van der Waals surface area contributed by atoms with Crippen molar-refractivity contribution in [2.45, 2.75) is 6.42 Å². The van der Waals surface area contributed by atoms with Crippen LogP contribution in [0.15, 0.2) is 45.7 Å². The molecule has 0 atom stereocenters. The molecule has 0 aliphatic carbocycles. The smallest absolute Gasteiger partial charge is 0.280 e. The maximum Gasteiger partial charge on any atom is 0.280 e. The Morgan fingerprint density at radius 3 is 2.60 bits per heavy atom. The summed E-state index contributed by atoms with van der Waals surface area (Å²) in [5.74, 6) is 1.13. The Kier molecular flexibility index (Phi) is 3.42. The van der Waals surface area contributed by atoms with Crippen molar-refractivity contribution in [2.24, 2.45) is 0 Å². The second-order valence-electron chi connectivity index (χ2n) is 4.11. The first kappa shape index (κ1) is 12.7. The van der Waals surface area contributed by atoms with E-state index in [0.717, 1.165) is 10.0 Å². The van der Waals surface area contributed by atoms with E-state index in [0.29, 0.717) is 17.9 Å². The van der Waals surface area contributed by atoms with Gasteiger partial charge in [-0.15, -0.1) is 0 Å². The number of rotatable bonds is 3. The van der Waals surface area contributed by atoms with Gasteiger partial charge in [0.1, 0.15) is 0 Å². The van der Waals surface area contributed by atoms with Gasteiger partial charge in [-0.3, -0.25) is 0 Å². The van der Waals surface area contributed by atoms with Crippen molar-refractivity contribution in [1.82, 2.24) is 20.1 Å². The van der Waals surface area contributed by atoms with E-state index in [4.69, 9.17) is 10.3 Å². The van der Waals surface area contributed by atoms with Crippen LogP contribution in [0.2, 0.25) is 0 Å². The Bertz CT molecular complexity index is 726. The SMILES string of the molecule is Nc1nccnc1-c1nc(Cc2ccc(Br)cc2)no1. The Balaban J connectivity index is 1.84. The van der Waals surface area contributed by atoms with Gasteiger partial charge in [-0.1, -0.05) is 33.2 Å². The van der Waals surface area contributed by atoms with Crippen LogP contribution in [-0.4, -0.2) is 20.1 Å². The minimum Gasteiger partial charge on any atom is -0.382 e. The summed E-state index contributed by atoms with van der Waals surface area (Å²) in [6, 6.07) is 7.93. The molecule has 0 radical (unpaired) electrons. The third-order valence-corrected chi connectivity index (χ3v) is 3.20. The van der Waals surface area contributed by atoms with Gasteiger partial charge >= 0.3 is 0 Å². The average molecular weight is 332 g/mol. The highest BCUT2D eigenvalue weighted by Gasteiger charge is 2.13. The van der Waals surface area contributed by atoms with Crippen molar-refractivity contribution in [1.29, 1.82) is 0 Å². The standard InChI is InChI=1S/C13H10BrN5O/c14-9-3-1-8(2-4-9)7-10-18-13(20-19-10)11-12(15)17-6-5-16-11/h1-6H,7H2,(H2,15,17). The van der Waals surface area contributed by atoms with Crippen molar-refractivity contribution >= 4 is 21.7 Å². The van der Waals surface area contributed by atoms with E-state index in [2.05, 4.69) is 36.0 Å². The molecular formula is C13H10BrN5O. The number of hydrogen-bond donors (Lipinski definition) is 1. The zero-order chi connectivity index (χ0) is 13.9. The Labute approximate surface area is 123 Å². The van der Waals surface area contributed by atoms with Crippen LogP contribution in [-0.2, 0) is 6.42 Å². The van der Waals surface area contributed by atoms with Gasteiger partial charge in [0.05, 0.1) is 0 Å². The first-order valence-electron chi connectivity index (χ1n) is 5.86. The van der Waals surface area contributed by atoms with Crippen LogP contribution in [0.25, 0.3) is 11.6 Å². The number of aromatic nitrogens is 4. The number of benzene rings is 1. The number of nitrogens with two attached hydrogens (primary N) is 1. The third kappa shape index (κ3) is 2.67. The number of nitrogen functional groups attached to an aromatic ring is 1. The lowest BCUT2D eigenvalue weighted by atomic mass is 10.1. The largest absolute Gasteiger partial charge is 0.382 e. The summed E-state index contributed by atoms with van der Waals surface area (Å²) in [6.07, 6.45) is 3.62.